The summed E-state index contributed by atoms with van der Waals surface area (Å²) in [6.45, 7) is 0.0803. The van der Waals surface area contributed by atoms with Gasteiger partial charge in [0.2, 0.25) is 0 Å². The summed E-state index contributed by atoms with van der Waals surface area (Å²) in [7, 11) is 0. The Balaban J connectivity index is 1.54. The van der Waals surface area contributed by atoms with E-state index in [0.717, 1.165) is 16.7 Å². The molecule has 0 aliphatic carbocycles. The van der Waals surface area contributed by atoms with Gasteiger partial charge in [-0.15, -0.1) is 0 Å². The molecule has 9 nitrogen and oxygen atoms in total. The summed E-state index contributed by atoms with van der Waals surface area (Å²) >= 11 is 0. The molecular formula is C28H25N5O4. The van der Waals surface area contributed by atoms with Crippen LogP contribution >= 0.6 is 0 Å². The molecule has 1 saturated heterocycles. The van der Waals surface area contributed by atoms with E-state index in [2.05, 4.69) is 15.0 Å². The van der Waals surface area contributed by atoms with Crippen molar-refractivity contribution >= 4 is 0 Å². The Kier molecular flexibility index (Phi) is 7.00. The van der Waals surface area contributed by atoms with Crippen LogP contribution in [-0.2, 0) is 15.1 Å². The summed E-state index contributed by atoms with van der Waals surface area (Å²) in [6, 6.07) is 30.4. The molecule has 0 spiro atoms. The number of ether oxygens (including phenoxy) is 2. The molecular weight excluding hydrogens is 470 g/mol. The number of benzene rings is 3. The van der Waals surface area contributed by atoms with Crippen LogP contribution in [0.1, 0.15) is 29.3 Å². The second-order valence-corrected chi connectivity index (χ2v) is 8.74. The van der Waals surface area contributed by atoms with Gasteiger partial charge in [0, 0.05) is 23.6 Å². The molecule has 0 radical (unpaired) electrons. The van der Waals surface area contributed by atoms with Gasteiger partial charge >= 0.3 is 5.69 Å². The number of H-pyrrole nitrogens is 1. The zero-order valence-electron chi connectivity index (χ0n) is 19.9. The predicted octanol–water partition coefficient (Wildman–Crippen LogP) is 4.51. The maximum Gasteiger partial charge on any atom is 0.330 e. The first-order chi connectivity index (χ1) is 18.1. The standard InChI is InChI=1S/C28H25N5O4/c29-32-31-23-18-26(33-17-16-25(34)30-27(33)35)37-24(23)19-36-28(20-10-4-1-5-11-20,21-12-6-2-7-13-21)22-14-8-3-9-15-22/h1-17,23-24,26H,18-19H2,(H,30,34,35)/t23-,24-,26-/m1/s1. The number of nitrogens with zero attached hydrogens (tertiary/aromatic N) is 4. The van der Waals surface area contributed by atoms with Crippen LogP contribution in [0.3, 0.4) is 0 Å². The molecule has 1 N–H and O–H groups in total. The molecule has 1 aliphatic rings. The van der Waals surface area contributed by atoms with E-state index >= 15 is 0 Å². The Morgan fingerprint density at radius 1 is 0.919 bits per heavy atom. The van der Waals surface area contributed by atoms with Crippen LogP contribution in [0.5, 0.6) is 0 Å². The number of rotatable bonds is 8. The van der Waals surface area contributed by atoms with E-state index in [9.17, 15) is 15.1 Å². The summed E-state index contributed by atoms with van der Waals surface area (Å²) in [6.07, 6.45) is 0.298. The fraction of sp³-hybridized carbons (Fsp3) is 0.214. The molecule has 2 heterocycles. The van der Waals surface area contributed by atoms with E-state index in [1.54, 1.807) is 0 Å². The fourth-order valence-corrected chi connectivity index (χ4v) is 4.85. The molecule has 3 aromatic carbocycles. The zero-order chi connectivity index (χ0) is 25.7. The maximum absolute atomic E-state index is 12.4. The maximum atomic E-state index is 12.4. The number of hydrogen-bond acceptors (Lipinski definition) is 5. The highest BCUT2D eigenvalue weighted by molar-refractivity contribution is 5.47. The number of nitrogens with one attached hydrogen (secondary N) is 1. The third-order valence-electron chi connectivity index (χ3n) is 6.57. The van der Waals surface area contributed by atoms with Crippen molar-refractivity contribution in [1.29, 1.82) is 0 Å². The van der Waals surface area contributed by atoms with Gasteiger partial charge in [-0.1, -0.05) is 96.1 Å². The van der Waals surface area contributed by atoms with E-state index in [4.69, 9.17) is 9.47 Å². The van der Waals surface area contributed by atoms with Gasteiger partial charge in [-0.05, 0) is 22.2 Å². The Hall–Kier alpha value is -4.43. The second-order valence-electron chi connectivity index (χ2n) is 8.74. The van der Waals surface area contributed by atoms with Crippen molar-refractivity contribution in [2.75, 3.05) is 6.61 Å². The SMILES string of the molecule is [N-]=[N+]=N[C@@H]1C[C@H](n2ccc(=O)[nH]c2=O)O[C@@H]1COC(c1ccccc1)(c1ccccc1)c1ccccc1. The molecule has 3 atom stereocenters. The highest BCUT2D eigenvalue weighted by atomic mass is 16.6. The Morgan fingerprint density at radius 3 is 1.95 bits per heavy atom. The van der Waals surface area contributed by atoms with Gasteiger partial charge in [0.25, 0.3) is 5.56 Å². The molecule has 0 bridgehead atoms. The number of aromatic nitrogens is 2. The largest absolute Gasteiger partial charge is 0.358 e. The van der Waals surface area contributed by atoms with Crippen LogP contribution in [0.2, 0.25) is 0 Å². The first kappa shape index (κ1) is 24.3. The van der Waals surface area contributed by atoms with Gasteiger partial charge in [0.15, 0.2) is 0 Å². The van der Waals surface area contributed by atoms with E-state index in [-0.39, 0.29) is 13.0 Å². The molecule has 0 unspecified atom stereocenters. The summed E-state index contributed by atoms with van der Waals surface area (Å²) < 4.78 is 14.3. The second kappa shape index (κ2) is 10.7. The Morgan fingerprint density at radius 2 is 1.46 bits per heavy atom. The summed E-state index contributed by atoms with van der Waals surface area (Å²) in [4.78, 5) is 29.1. The van der Waals surface area contributed by atoms with E-state index in [1.807, 2.05) is 91.0 Å². The van der Waals surface area contributed by atoms with Crippen molar-refractivity contribution in [1.82, 2.24) is 9.55 Å². The molecule has 9 heteroatoms. The summed E-state index contributed by atoms with van der Waals surface area (Å²) in [5.41, 5.74) is 9.93. The minimum Gasteiger partial charge on any atom is -0.358 e. The van der Waals surface area contributed by atoms with Crippen molar-refractivity contribution in [3.63, 3.8) is 0 Å². The number of aromatic amines is 1. The highest BCUT2D eigenvalue weighted by Gasteiger charge is 2.42. The number of azide groups is 1. The molecule has 0 saturated carbocycles. The lowest BCUT2D eigenvalue weighted by atomic mass is 9.80. The monoisotopic (exact) mass is 495 g/mol. The molecule has 37 heavy (non-hydrogen) atoms. The Bertz CT molecular complexity index is 1400. The van der Waals surface area contributed by atoms with Crippen molar-refractivity contribution in [3.05, 3.63) is 151 Å². The van der Waals surface area contributed by atoms with E-state index in [0.29, 0.717) is 0 Å². The van der Waals surface area contributed by atoms with Crippen LogP contribution in [-0.4, -0.2) is 28.3 Å². The smallest absolute Gasteiger partial charge is 0.330 e. The molecule has 1 fully saturated rings. The van der Waals surface area contributed by atoms with Gasteiger partial charge in [0.05, 0.1) is 18.8 Å². The van der Waals surface area contributed by atoms with Crippen molar-refractivity contribution < 1.29 is 9.47 Å². The molecule has 186 valence electrons. The first-order valence-corrected chi connectivity index (χ1v) is 11.9. The molecule has 0 amide bonds. The van der Waals surface area contributed by atoms with Gasteiger partial charge in [-0.25, -0.2) is 4.79 Å². The zero-order valence-corrected chi connectivity index (χ0v) is 19.9. The lowest BCUT2D eigenvalue weighted by Crippen LogP contribution is -2.37. The van der Waals surface area contributed by atoms with E-state index < -0.39 is 35.2 Å². The molecule has 4 aromatic rings. The fourth-order valence-electron chi connectivity index (χ4n) is 4.85. The molecule has 1 aromatic heterocycles. The average molecular weight is 496 g/mol. The average Bonchev–Trinajstić information content (AvgIpc) is 3.33. The predicted molar refractivity (Wildman–Crippen MR) is 138 cm³/mol. The first-order valence-electron chi connectivity index (χ1n) is 11.9. The lowest BCUT2D eigenvalue weighted by Gasteiger charge is -2.37. The minimum atomic E-state index is -0.971. The van der Waals surface area contributed by atoms with Crippen LogP contribution in [0, 0.1) is 0 Å². The lowest BCUT2D eigenvalue weighted by molar-refractivity contribution is -0.0796. The van der Waals surface area contributed by atoms with Crippen LogP contribution in [0.25, 0.3) is 10.4 Å². The number of hydrogen-bond donors (Lipinski definition) is 1. The van der Waals surface area contributed by atoms with Gasteiger partial charge in [-0.2, -0.15) is 0 Å². The summed E-state index contributed by atoms with van der Waals surface area (Å²) in [5.74, 6) is 0. The summed E-state index contributed by atoms with van der Waals surface area (Å²) in [5, 5.41) is 3.94. The van der Waals surface area contributed by atoms with Crippen molar-refractivity contribution in [2.24, 2.45) is 5.11 Å². The third-order valence-corrected chi connectivity index (χ3v) is 6.57. The highest BCUT2D eigenvalue weighted by Crippen LogP contribution is 2.41. The van der Waals surface area contributed by atoms with Gasteiger partial charge < -0.3 is 9.47 Å². The normalized spacial score (nSPS) is 19.3. The molecule has 1 aliphatic heterocycles. The van der Waals surface area contributed by atoms with Crippen LogP contribution < -0.4 is 11.2 Å². The van der Waals surface area contributed by atoms with Crippen LogP contribution in [0.4, 0.5) is 0 Å². The van der Waals surface area contributed by atoms with Gasteiger partial charge in [0.1, 0.15) is 11.8 Å². The topological polar surface area (TPSA) is 122 Å². The van der Waals surface area contributed by atoms with Crippen molar-refractivity contribution in [3.8, 4) is 0 Å². The minimum absolute atomic E-state index is 0.0803. The third kappa shape index (κ3) is 4.83. The van der Waals surface area contributed by atoms with Crippen molar-refractivity contribution in [2.45, 2.75) is 30.4 Å². The Labute approximate surface area is 212 Å². The van der Waals surface area contributed by atoms with Gasteiger partial charge in [-0.3, -0.25) is 14.3 Å². The molecule has 5 rings (SSSR count). The van der Waals surface area contributed by atoms with E-state index in [1.165, 1.54) is 16.8 Å². The quantitative estimate of drug-likeness (QED) is 0.167. The van der Waals surface area contributed by atoms with Crippen LogP contribution in [0.15, 0.2) is 118 Å².